The van der Waals surface area contributed by atoms with Gasteiger partial charge in [-0.25, -0.2) is 4.79 Å². The highest BCUT2D eigenvalue weighted by Crippen LogP contribution is 2.11. The molecule has 0 fully saturated rings. The number of nitrogens with one attached hydrogen (secondary N) is 2. The smallest absolute Gasteiger partial charge is 0.407 e. The van der Waals surface area contributed by atoms with Gasteiger partial charge in [-0.3, -0.25) is 0 Å². The Morgan fingerprint density at radius 3 is 2.43 bits per heavy atom. The van der Waals surface area contributed by atoms with Gasteiger partial charge in [-0.15, -0.1) is 6.58 Å². The summed E-state index contributed by atoms with van der Waals surface area (Å²) in [5.41, 5.74) is 1.81. The first-order chi connectivity index (χ1) is 10.8. The zero-order valence-corrected chi connectivity index (χ0v) is 14.8. The number of allylic oxidation sites excluding steroid dienone is 1. The van der Waals surface area contributed by atoms with Crippen LogP contribution in [0, 0.1) is 0 Å². The summed E-state index contributed by atoms with van der Waals surface area (Å²) in [5, 5.41) is 6.32. The summed E-state index contributed by atoms with van der Waals surface area (Å²) in [6, 6.07) is 8.54. The number of amides is 1. The lowest BCUT2D eigenvalue weighted by atomic mass is 10.1. The largest absolute Gasteiger partial charge is 0.444 e. The van der Waals surface area contributed by atoms with Gasteiger partial charge < -0.3 is 15.4 Å². The van der Waals surface area contributed by atoms with Crippen molar-refractivity contribution in [3.63, 3.8) is 0 Å². The summed E-state index contributed by atoms with van der Waals surface area (Å²) in [4.78, 5) is 11.8. The fourth-order valence-corrected chi connectivity index (χ4v) is 2.14. The second kappa shape index (κ2) is 9.36. The predicted molar refractivity (Wildman–Crippen MR) is 95.2 cm³/mol. The first-order valence-electron chi connectivity index (χ1n) is 8.19. The van der Waals surface area contributed by atoms with Gasteiger partial charge in [0.1, 0.15) is 5.60 Å². The molecule has 0 bridgehead atoms. The van der Waals surface area contributed by atoms with Gasteiger partial charge in [0.15, 0.2) is 0 Å². The van der Waals surface area contributed by atoms with Crippen LogP contribution in [0.4, 0.5) is 4.79 Å². The second-order valence-corrected chi connectivity index (χ2v) is 6.77. The Bertz CT molecular complexity index is 506. The van der Waals surface area contributed by atoms with E-state index in [9.17, 15) is 4.79 Å². The van der Waals surface area contributed by atoms with Crippen LogP contribution in [0.15, 0.2) is 36.9 Å². The van der Waals surface area contributed by atoms with Crippen LogP contribution >= 0.6 is 0 Å². The molecule has 0 heterocycles. The van der Waals surface area contributed by atoms with Gasteiger partial charge in [-0.1, -0.05) is 30.3 Å². The topological polar surface area (TPSA) is 50.4 Å². The third kappa shape index (κ3) is 8.41. The molecule has 0 aliphatic rings. The van der Waals surface area contributed by atoms with Crippen molar-refractivity contribution in [2.75, 3.05) is 0 Å². The van der Waals surface area contributed by atoms with E-state index in [0.29, 0.717) is 12.6 Å². The maximum atomic E-state index is 11.8. The van der Waals surface area contributed by atoms with E-state index >= 15 is 0 Å². The van der Waals surface area contributed by atoms with E-state index in [0.717, 1.165) is 24.9 Å². The van der Waals surface area contributed by atoms with Gasteiger partial charge >= 0.3 is 6.09 Å². The van der Waals surface area contributed by atoms with Crippen molar-refractivity contribution in [3.8, 4) is 0 Å². The number of hydrogen-bond donors (Lipinski definition) is 2. The molecule has 1 unspecified atom stereocenters. The molecule has 0 aliphatic heterocycles. The van der Waals surface area contributed by atoms with Crippen LogP contribution in [-0.2, 0) is 17.8 Å². The summed E-state index contributed by atoms with van der Waals surface area (Å²) in [7, 11) is 0. The zero-order chi connectivity index (χ0) is 17.3. The molecular weight excluding hydrogens is 288 g/mol. The quantitative estimate of drug-likeness (QED) is 0.708. The Kier molecular flexibility index (Phi) is 7.83. The minimum absolute atomic E-state index is 0.389. The molecule has 0 spiro atoms. The first kappa shape index (κ1) is 19.2. The number of carbonyl (C=O) groups is 1. The molecule has 128 valence electrons. The lowest BCUT2D eigenvalue weighted by molar-refractivity contribution is 0.0523. The summed E-state index contributed by atoms with van der Waals surface area (Å²) in [6.45, 7) is 12.7. The Morgan fingerprint density at radius 1 is 1.26 bits per heavy atom. The average molecular weight is 318 g/mol. The molecule has 2 N–H and O–H groups in total. The molecule has 0 aromatic heterocycles. The van der Waals surface area contributed by atoms with Gasteiger partial charge in [0.05, 0.1) is 0 Å². The minimum Gasteiger partial charge on any atom is -0.444 e. The van der Waals surface area contributed by atoms with Crippen LogP contribution in [0.25, 0.3) is 0 Å². The number of benzene rings is 1. The monoisotopic (exact) mass is 318 g/mol. The highest BCUT2D eigenvalue weighted by molar-refractivity contribution is 5.67. The first-order valence-corrected chi connectivity index (χ1v) is 8.19. The zero-order valence-electron chi connectivity index (χ0n) is 14.8. The average Bonchev–Trinajstić information content (AvgIpc) is 2.48. The minimum atomic E-state index is -0.480. The summed E-state index contributed by atoms with van der Waals surface area (Å²) >= 11 is 0. The molecule has 4 nitrogen and oxygen atoms in total. The van der Waals surface area contributed by atoms with Gasteiger partial charge in [0.25, 0.3) is 0 Å². The molecule has 1 rings (SSSR count). The summed E-state index contributed by atoms with van der Waals surface area (Å²) in [5.74, 6) is 0. The van der Waals surface area contributed by atoms with Crippen molar-refractivity contribution in [1.29, 1.82) is 0 Å². The maximum Gasteiger partial charge on any atom is 0.407 e. The lowest BCUT2D eigenvalue weighted by Crippen LogP contribution is -2.32. The highest BCUT2D eigenvalue weighted by Gasteiger charge is 2.16. The van der Waals surface area contributed by atoms with Crippen LogP contribution in [0.5, 0.6) is 0 Å². The van der Waals surface area contributed by atoms with Gasteiger partial charge in [-0.2, -0.15) is 0 Å². The molecule has 1 aromatic rings. The van der Waals surface area contributed by atoms with Gasteiger partial charge in [0.2, 0.25) is 0 Å². The molecule has 1 aromatic carbocycles. The fraction of sp³-hybridized carbons (Fsp3) is 0.526. The van der Waals surface area contributed by atoms with E-state index in [1.165, 1.54) is 5.56 Å². The Balaban J connectivity index is 2.53. The highest BCUT2D eigenvalue weighted by atomic mass is 16.6. The standard InChI is InChI=1S/C19H30N2O2/c1-6-7-10-15(2)20-13-16-11-8-9-12-17(16)14-21-18(22)23-19(3,4)5/h6,8-9,11-12,15,20H,1,7,10,13-14H2,2-5H3,(H,21,22). The molecule has 1 atom stereocenters. The van der Waals surface area contributed by atoms with Crippen molar-refractivity contribution < 1.29 is 9.53 Å². The van der Waals surface area contributed by atoms with E-state index in [1.807, 2.05) is 45.0 Å². The number of hydrogen-bond acceptors (Lipinski definition) is 3. The number of ether oxygens (including phenoxy) is 1. The van der Waals surface area contributed by atoms with Crippen molar-refractivity contribution in [3.05, 3.63) is 48.0 Å². The van der Waals surface area contributed by atoms with Crippen LogP contribution < -0.4 is 10.6 Å². The molecule has 23 heavy (non-hydrogen) atoms. The summed E-state index contributed by atoms with van der Waals surface area (Å²) < 4.78 is 5.27. The maximum absolute atomic E-state index is 11.8. The number of carbonyl (C=O) groups excluding carboxylic acids is 1. The van der Waals surface area contributed by atoms with Crippen molar-refractivity contribution in [1.82, 2.24) is 10.6 Å². The SMILES string of the molecule is C=CCCC(C)NCc1ccccc1CNC(=O)OC(C)(C)C. The molecular formula is C19H30N2O2. The Hall–Kier alpha value is -1.81. The molecule has 0 radical (unpaired) electrons. The van der Waals surface area contributed by atoms with Crippen LogP contribution in [0.1, 0.15) is 51.7 Å². The van der Waals surface area contributed by atoms with Crippen molar-refractivity contribution >= 4 is 6.09 Å². The molecule has 0 aliphatic carbocycles. The van der Waals surface area contributed by atoms with E-state index in [4.69, 9.17) is 4.74 Å². The predicted octanol–water partition coefficient (Wildman–Crippen LogP) is 4.16. The van der Waals surface area contributed by atoms with E-state index in [2.05, 4.69) is 30.2 Å². The van der Waals surface area contributed by atoms with Crippen LogP contribution in [0.2, 0.25) is 0 Å². The second-order valence-electron chi connectivity index (χ2n) is 6.77. The van der Waals surface area contributed by atoms with E-state index in [-0.39, 0.29) is 6.09 Å². The molecule has 0 saturated heterocycles. The molecule has 4 heteroatoms. The normalized spacial score (nSPS) is 12.5. The van der Waals surface area contributed by atoms with Gasteiger partial charge in [-0.05, 0) is 51.7 Å². The lowest BCUT2D eigenvalue weighted by Gasteiger charge is -2.20. The van der Waals surface area contributed by atoms with Crippen molar-refractivity contribution in [2.24, 2.45) is 0 Å². The van der Waals surface area contributed by atoms with Crippen molar-refractivity contribution in [2.45, 2.75) is 65.3 Å². The Morgan fingerprint density at radius 2 is 1.87 bits per heavy atom. The van der Waals surface area contributed by atoms with Gasteiger partial charge in [0, 0.05) is 19.1 Å². The molecule has 0 saturated carbocycles. The van der Waals surface area contributed by atoms with E-state index in [1.54, 1.807) is 0 Å². The fourth-order valence-electron chi connectivity index (χ4n) is 2.14. The third-order valence-corrected chi connectivity index (χ3v) is 3.39. The number of alkyl carbamates (subject to hydrolysis) is 1. The number of rotatable bonds is 8. The van der Waals surface area contributed by atoms with E-state index < -0.39 is 5.60 Å². The Labute approximate surface area is 140 Å². The molecule has 1 amide bonds. The van der Waals surface area contributed by atoms with Crippen LogP contribution in [-0.4, -0.2) is 17.7 Å². The third-order valence-electron chi connectivity index (χ3n) is 3.39. The summed E-state index contributed by atoms with van der Waals surface area (Å²) in [6.07, 6.45) is 3.63. The van der Waals surface area contributed by atoms with Crippen LogP contribution in [0.3, 0.4) is 0 Å².